The molecule has 222 valence electrons. The molecule has 0 aliphatic rings. The van der Waals surface area contributed by atoms with Gasteiger partial charge in [0.1, 0.15) is 5.82 Å². The number of imidazole rings is 1. The van der Waals surface area contributed by atoms with E-state index in [9.17, 15) is 0 Å². The van der Waals surface area contributed by atoms with Gasteiger partial charge in [0.05, 0.1) is 11.0 Å². The maximum Gasteiger partial charge on any atom is 0.114 e. The van der Waals surface area contributed by atoms with E-state index >= 15 is 0 Å². The predicted octanol–water partition coefficient (Wildman–Crippen LogP) is 12.0. The van der Waals surface area contributed by atoms with Crippen LogP contribution in [-0.4, -0.2) is 9.55 Å². The Bertz CT molecular complexity index is 2610. The lowest BCUT2D eigenvalue weighted by Gasteiger charge is -2.20. The molecule has 0 bridgehead atoms. The van der Waals surface area contributed by atoms with Gasteiger partial charge in [-0.1, -0.05) is 134 Å². The van der Waals surface area contributed by atoms with Crippen molar-refractivity contribution in [2.24, 2.45) is 0 Å². The number of nitrogens with zero attached hydrogens (tertiary/aromatic N) is 2. The second-order valence-electron chi connectivity index (χ2n) is 12.2. The van der Waals surface area contributed by atoms with E-state index in [4.69, 9.17) is 4.98 Å². The van der Waals surface area contributed by atoms with Gasteiger partial charge in [-0.05, 0) is 102 Å². The zero-order valence-electron chi connectivity index (χ0n) is 26.2. The third-order valence-electron chi connectivity index (χ3n) is 9.51. The zero-order valence-corrected chi connectivity index (χ0v) is 26.2. The van der Waals surface area contributed by atoms with E-state index < -0.39 is 0 Å². The Kier molecular flexibility index (Phi) is 6.46. The minimum atomic E-state index is 0.853. The molecule has 1 heterocycles. The molecule has 0 N–H and O–H groups in total. The molecule has 47 heavy (non-hydrogen) atoms. The lowest BCUT2D eigenvalue weighted by atomic mass is 9.84. The minimum absolute atomic E-state index is 0.853. The van der Waals surface area contributed by atoms with Crippen molar-refractivity contribution in [2.75, 3.05) is 0 Å². The van der Waals surface area contributed by atoms with Crippen LogP contribution in [0.15, 0.2) is 164 Å². The van der Waals surface area contributed by atoms with E-state index in [0.717, 1.165) is 29.0 Å². The molecule has 0 atom stereocenters. The second-order valence-corrected chi connectivity index (χ2v) is 12.2. The fraction of sp³-hybridized carbons (Fsp3) is 0.0444. The molecule has 2 nitrogen and oxygen atoms in total. The summed E-state index contributed by atoms with van der Waals surface area (Å²) in [7, 11) is 0. The number of aryl methyl sites for hydroxylation is 1. The Hall–Kier alpha value is -5.99. The lowest BCUT2D eigenvalue weighted by molar-refractivity contribution is 0.908. The maximum absolute atomic E-state index is 4.98. The highest BCUT2D eigenvalue weighted by atomic mass is 15.1. The highest BCUT2D eigenvalue weighted by Crippen LogP contribution is 2.45. The molecule has 0 radical (unpaired) electrons. The molecular weight excluding hydrogens is 569 g/mol. The van der Waals surface area contributed by atoms with Crippen molar-refractivity contribution in [1.29, 1.82) is 0 Å². The van der Waals surface area contributed by atoms with E-state index in [2.05, 4.69) is 175 Å². The molecule has 0 saturated carbocycles. The van der Waals surface area contributed by atoms with Crippen molar-refractivity contribution in [1.82, 2.24) is 9.55 Å². The summed E-state index contributed by atoms with van der Waals surface area (Å²) in [4.78, 5) is 4.98. The third kappa shape index (κ3) is 4.53. The average Bonchev–Trinajstić information content (AvgIpc) is 3.53. The van der Waals surface area contributed by atoms with Gasteiger partial charge in [-0.3, -0.25) is 4.57 Å². The van der Waals surface area contributed by atoms with Crippen LogP contribution in [0.5, 0.6) is 0 Å². The van der Waals surface area contributed by atoms with Gasteiger partial charge in [0, 0.05) is 12.1 Å². The van der Waals surface area contributed by atoms with Gasteiger partial charge in [-0.15, -0.1) is 0 Å². The van der Waals surface area contributed by atoms with E-state index in [1.54, 1.807) is 0 Å². The topological polar surface area (TPSA) is 17.8 Å². The molecule has 1 aromatic heterocycles. The molecule has 0 aliphatic heterocycles. The first-order valence-corrected chi connectivity index (χ1v) is 16.4. The molecule has 0 saturated heterocycles. The molecule has 8 aromatic carbocycles. The average molecular weight is 601 g/mol. The van der Waals surface area contributed by atoms with Crippen molar-refractivity contribution in [3.05, 3.63) is 170 Å². The zero-order chi connectivity index (χ0) is 31.3. The normalized spacial score (nSPS) is 11.6. The fourth-order valence-corrected chi connectivity index (χ4v) is 7.36. The number of fused-ring (bicyclic) bond motifs is 4. The molecule has 0 amide bonds. The van der Waals surface area contributed by atoms with Crippen molar-refractivity contribution in [3.63, 3.8) is 0 Å². The summed E-state index contributed by atoms with van der Waals surface area (Å²) in [5.41, 5.74) is 10.7. The van der Waals surface area contributed by atoms with Crippen molar-refractivity contribution >= 4 is 43.4 Å². The van der Waals surface area contributed by atoms with Gasteiger partial charge in [-0.2, -0.15) is 0 Å². The van der Waals surface area contributed by atoms with Crippen LogP contribution >= 0.6 is 0 Å². The molecule has 0 unspecified atom stereocenters. The van der Waals surface area contributed by atoms with Crippen molar-refractivity contribution in [2.45, 2.75) is 13.3 Å². The minimum Gasteiger partial charge on any atom is -0.296 e. The fourth-order valence-electron chi connectivity index (χ4n) is 7.36. The van der Waals surface area contributed by atoms with Crippen LogP contribution in [0.4, 0.5) is 0 Å². The van der Waals surface area contributed by atoms with Gasteiger partial charge in [0.15, 0.2) is 0 Å². The summed E-state index contributed by atoms with van der Waals surface area (Å²) >= 11 is 0. The lowest BCUT2D eigenvalue weighted by Crippen LogP contribution is -2.00. The Morgan fingerprint density at radius 2 is 1.09 bits per heavy atom. The molecule has 0 fully saturated rings. The highest BCUT2D eigenvalue weighted by molar-refractivity contribution is 6.22. The van der Waals surface area contributed by atoms with Crippen LogP contribution in [0, 0.1) is 0 Å². The first kappa shape index (κ1) is 27.3. The molecule has 0 aliphatic carbocycles. The third-order valence-corrected chi connectivity index (χ3v) is 9.51. The highest BCUT2D eigenvalue weighted by Gasteiger charge is 2.19. The Balaban J connectivity index is 1.37. The van der Waals surface area contributed by atoms with Crippen LogP contribution < -0.4 is 0 Å². The van der Waals surface area contributed by atoms with E-state index in [1.807, 2.05) is 0 Å². The Labute approximate surface area is 274 Å². The van der Waals surface area contributed by atoms with Crippen LogP contribution in [-0.2, 0) is 6.42 Å². The summed E-state index contributed by atoms with van der Waals surface area (Å²) < 4.78 is 2.32. The molecular formula is C45H32N2. The summed E-state index contributed by atoms with van der Waals surface area (Å²) in [5, 5.41) is 7.50. The Morgan fingerprint density at radius 1 is 0.447 bits per heavy atom. The summed E-state index contributed by atoms with van der Waals surface area (Å²) in [6.07, 6.45) is 0.853. The first-order valence-electron chi connectivity index (χ1n) is 16.4. The standard InChI is InChI=1S/C45H32N2/c1-2-43-46-41-21-10-11-22-42(41)47(43)36-18-12-17-34(28-36)45-38-20-9-8-19-37(38)44(35-24-23-31-15-6-7-16-32(31)27-35)39-26-25-33(29-40(39)45)30-13-4-3-5-14-30/h3-29H,2H2,1H3. The molecule has 2 heteroatoms. The number of para-hydroxylation sites is 2. The molecule has 9 rings (SSSR count). The summed E-state index contributed by atoms with van der Waals surface area (Å²) in [6, 6.07) is 59.6. The number of rotatable bonds is 5. The van der Waals surface area contributed by atoms with E-state index in [-0.39, 0.29) is 0 Å². The number of hydrogen-bond donors (Lipinski definition) is 0. The van der Waals surface area contributed by atoms with E-state index in [1.165, 1.54) is 65.7 Å². The van der Waals surface area contributed by atoms with Crippen LogP contribution in [0.25, 0.3) is 82.4 Å². The summed E-state index contributed by atoms with van der Waals surface area (Å²) in [5.74, 6) is 1.07. The number of aromatic nitrogens is 2. The monoisotopic (exact) mass is 600 g/mol. The van der Waals surface area contributed by atoms with Gasteiger partial charge in [-0.25, -0.2) is 4.98 Å². The first-order chi connectivity index (χ1) is 23.3. The summed E-state index contributed by atoms with van der Waals surface area (Å²) in [6.45, 7) is 2.18. The smallest absolute Gasteiger partial charge is 0.114 e. The largest absolute Gasteiger partial charge is 0.296 e. The quantitative estimate of drug-likeness (QED) is 0.180. The number of hydrogen-bond acceptors (Lipinski definition) is 1. The molecule has 9 aromatic rings. The van der Waals surface area contributed by atoms with Crippen LogP contribution in [0.2, 0.25) is 0 Å². The molecule has 0 spiro atoms. The maximum atomic E-state index is 4.98. The van der Waals surface area contributed by atoms with E-state index in [0.29, 0.717) is 0 Å². The predicted molar refractivity (Wildman–Crippen MR) is 199 cm³/mol. The SMILES string of the molecule is CCc1nc2ccccc2n1-c1cccc(-c2c3ccccc3c(-c3ccc4ccccc4c3)c3ccc(-c4ccccc4)cc23)c1. The van der Waals surface area contributed by atoms with Gasteiger partial charge >= 0.3 is 0 Å². The second kappa shape index (κ2) is 11.1. The van der Waals surface area contributed by atoms with Gasteiger partial charge < -0.3 is 0 Å². The van der Waals surface area contributed by atoms with Crippen molar-refractivity contribution < 1.29 is 0 Å². The van der Waals surface area contributed by atoms with Crippen molar-refractivity contribution in [3.8, 4) is 39.1 Å². The number of benzene rings is 8. The van der Waals surface area contributed by atoms with Crippen LogP contribution in [0.1, 0.15) is 12.7 Å². The van der Waals surface area contributed by atoms with Gasteiger partial charge in [0.25, 0.3) is 0 Å². The van der Waals surface area contributed by atoms with Gasteiger partial charge in [0.2, 0.25) is 0 Å². The van der Waals surface area contributed by atoms with Crippen LogP contribution in [0.3, 0.4) is 0 Å². The Morgan fingerprint density at radius 3 is 1.91 bits per heavy atom.